The second-order valence-electron chi connectivity index (χ2n) is 5.27. The van der Waals surface area contributed by atoms with Crippen LogP contribution in [0.3, 0.4) is 0 Å². The van der Waals surface area contributed by atoms with Crippen molar-refractivity contribution in [3.8, 4) is 0 Å². The number of rotatable bonds is 7. The smallest absolute Gasteiger partial charge is 0.0522 e. The maximum absolute atomic E-state index is 4.37. The SMILES string of the molecule is CCNC(Cc1cnn(CC)c1)C(C)c1ccccc1. The van der Waals surface area contributed by atoms with Crippen molar-refractivity contribution in [1.29, 1.82) is 0 Å². The monoisotopic (exact) mass is 271 g/mol. The lowest BCUT2D eigenvalue weighted by molar-refractivity contribution is 0.458. The zero-order chi connectivity index (χ0) is 14.4. The number of nitrogens with zero attached hydrogens (tertiary/aromatic N) is 2. The average Bonchev–Trinajstić information content (AvgIpc) is 2.95. The van der Waals surface area contributed by atoms with Crippen LogP contribution >= 0.6 is 0 Å². The molecule has 1 N–H and O–H groups in total. The lowest BCUT2D eigenvalue weighted by Crippen LogP contribution is -2.35. The van der Waals surface area contributed by atoms with E-state index in [-0.39, 0.29) is 0 Å². The van der Waals surface area contributed by atoms with Gasteiger partial charge in [-0.2, -0.15) is 5.10 Å². The molecule has 1 aromatic carbocycles. The molecule has 1 aromatic heterocycles. The Kier molecular flexibility index (Phi) is 5.36. The van der Waals surface area contributed by atoms with Gasteiger partial charge in [0.15, 0.2) is 0 Å². The lowest BCUT2D eigenvalue weighted by atomic mass is 9.90. The summed E-state index contributed by atoms with van der Waals surface area (Å²) in [5, 5.41) is 7.99. The van der Waals surface area contributed by atoms with E-state index in [1.54, 1.807) is 0 Å². The summed E-state index contributed by atoms with van der Waals surface area (Å²) in [4.78, 5) is 0. The van der Waals surface area contributed by atoms with Crippen molar-refractivity contribution in [2.24, 2.45) is 0 Å². The predicted molar refractivity (Wildman–Crippen MR) is 83.9 cm³/mol. The second-order valence-corrected chi connectivity index (χ2v) is 5.27. The Hall–Kier alpha value is -1.61. The van der Waals surface area contributed by atoms with Gasteiger partial charge in [-0.3, -0.25) is 4.68 Å². The van der Waals surface area contributed by atoms with Crippen molar-refractivity contribution in [3.63, 3.8) is 0 Å². The minimum absolute atomic E-state index is 0.442. The lowest BCUT2D eigenvalue weighted by Gasteiger charge is -2.25. The van der Waals surface area contributed by atoms with Crippen LogP contribution in [-0.4, -0.2) is 22.4 Å². The van der Waals surface area contributed by atoms with Crippen LogP contribution in [0, 0.1) is 0 Å². The van der Waals surface area contributed by atoms with E-state index in [2.05, 4.69) is 67.7 Å². The highest BCUT2D eigenvalue weighted by atomic mass is 15.3. The Balaban J connectivity index is 2.10. The maximum Gasteiger partial charge on any atom is 0.0522 e. The third-order valence-corrected chi connectivity index (χ3v) is 3.86. The molecule has 2 atom stereocenters. The maximum atomic E-state index is 4.37. The van der Waals surface area contributed by atoms with E-state index >= 15 is 0 Å². The molecule has 1 heterocycles. The fourth-order valence-corrected chi connectivity index (χ4v) is 2.62. The number of likely N-dealkylation sites (N-methyl/N-ethyl adjacent to an activating group) is 1. The highest BCUT2D eigenvalue weighted by Crippen LogP contribution is 2.21. The van der Waals surface area contributed by atoms with Crippen LogP contribution in [0.4, 0.5) is 0 Å². The van der Waals surface area contributed by atoms with Crippen molar-refractivity contribution in [3.05, 3.63) is 53.9 Å². The third-order valence-electron chi connectivity index (χ3n) is 3.86. The zero-order valence-corrected chi connectivity index (χ0v) is 12.7. The topological polar surface area (TPSA) is 29.9 Å². The predicted octanol–water partition coefficient (Wildman–Crippen LogP) is 3.23. The Morgan fingerprint density at radius 1 is 1.20 bits per heavy atom. The van der Waals surface area contributed by atoms with Crippen LogP contribution in [-0.2, 0) is 13.0 Å². The minimum atomic E-state index is 0.442. The number of hydrogen-bond donors (Lipinski definition) is 1. The molecule has 0 fully saturated rings. The summed E-state index contributed by atoms with van der Waals surface area (Å²) in [5.74, 6) is 0.487. The van der Waals surface area contributed by atoms with Crippen molar-refractivity contribution in [2.75, 3.05) is 6.54 Å². The van der Waals surface area contributed by atoms with E-state index in [1.807, 2.05) is 10.9 Å². The first kappa shape index (κ1) is 14.8. The molecule has 3 heteroatoms. The quantitative estimate of drug-likeness (QED) is 0.838. The summed E-state index contributed by atoms with van der Waals surface area (Å²) < 4.78 is 1.99. The van der Waals surface area contributed by atoms with Gasteiger partial charge in [0, 0.05) is 18.8 Å². The van der Waals surface area contributed by atoms with Crippen LogP contribution in [0.5, 0.6) is 0 Å². The summed E-state index contributed by atoms with van der Waals surface area (Å²) in [6.07, 6.45) is 5.16. The normalized spacial score (nSPS) is 14.2. The molecule has 2 rings (SSSR count). The number of nitrogens with one attached hydrogen (secondary N) is 1. The van der Waals surface area contributed by atoms with E-state index in [9.17, 15) is 0 Å². The molecule has 0 saturated heterocycles. The molecule has 0 amide bonds. The van der Waals surface area contributed by atoms with Crippen LogP contribution in [0.2, 0.25) is 0 Å². The van der Waals surface area contributed by atoms with E-state index in [0.29, 0.717) is 12.0 Å². The zero-order valence-electron chi connectivity index (χ0n) is 12.7. The Morgan fingerprint density at radius 3 is 2.55 bits per heavy atom. The molecule has 0 bridgehead atoms. The second kappa shape index (κ2) is 7.25. The molecule has 0 aliphatic rings. The van der Waals surface area contributed by atoms with Gasteiger partial charge in [-0.1, -0.05) is 44.2 Å². The third kappa shape index (κ3) is 3.70. The van der Waals surface area contributed by atoms with Gasteiger partial charge >= 0.3 is 0 Å². The van der Waals surface area contributed by atoms with E-state index < -0.39 is 0 Å². The molecule has 0 aliphatic carbocycles. The molecule has 0 aliphatic heterocycles. The van der Waals surface area contributed by atoms with E-state index in [4.69, 9.17) is 0 Å². The van der Waals surface area contributed by atoms with Crippen LogP contribution in [0.25, 0.3) is 0 Å². The fraction of sp³-hybridized carbons (Fsp3) is 0.471. The van der Waals surface area contributed by atoms with Gasteiger partial charge in [-0.15, -0.1) is 0 Å². The van der Waals surface area contributed by atoms with Gasteiger partial charge in [-0.05, 0) is 36.9 Å². The first-order chi connectivity index (χ1) is 9.74. The van der Waals surface area contributed by atoms with Gasteiger partial charge in [0.05, 0.1) is 6.20 Å². The van der Waals surface area contributed by atoms with Crippen molar-refractivity contribution < 1.29 is 0 Å². The van der Waals surface area contributed by atoms with Crippen molar-refractivity contribution in [1.82, 2.24) is 15.1 Å². The molecule has 108 valence electrons. The van der Waals surface area contributed by atoms with Crippen molar-refractivity contribution >= 4 is 0 Å². The minimum Gasteiger partial charge on any atom is -0.313 e. The molecule has 2 unspecified atom stereocenters. The summed E-state index contributed by atoms with van der Waals surface area (Å²) in [6.45, 7) is 8.50. The molecule has 0 saturated carbocycles. The van der Waals surface area contributed by atoms with E-state index in [0.717, 1.165) is 19.5 Å². The molecular formula is C17H25N3. The summed E-state index contributed by atoms with van der Waals surface area (Å²) in [5.41, 5.74) is 2.70. The molecule has 3 nitrogen and oxygen atoms in total. The first-order valence-electron chi connectivity index (χ1n) is 7.54. The van der Waals surface area contributed by atoms with Crippen LogP contribution in [0.15, 0.2) is 42.7 Å². The van der Waals surface area contributed by atoms with Crippen molar-refractivity contribution in [2.45, 2.75) is 45.7 Å². The molecule has 0 spiro atoms. The highest BCUT2D eigenvalue weighted by molar-refractivity contribution is 5.22. The first-order valence-corrected chi connectivity index (χ1v) is 7.54. The Labute approximate surface area is 122 Å². The van der Waals surface area contributed by atoms with Gasteiger partial charge in [0.1, 0.15) is 0 Å². The Morgan fingerprint density at radius 2 is 1.95 bits per heavy atom. The van der Waals surface area contributed by atoms with Gasteiger partial charge in [0.2, 0.25) is 0 Å². The summed E-state index contributed by atoms with van der Waals surface area (Å²) in [7, 11) is 0. The number of aryl methyl sites for hydroxylation is 1. The standard InChI is InChI=1S/C17H25N3/c1-4-18-17(11-15-12-19-20(5-2)13-15)14(3)16-9-7-6-8-10-16/h6-10,12-14,17-18H,4-5,11H2,1-3H3. The average molecular weight is 271 g/mol. The molecular weight excluding hydrogens is 246 g/mol. The number of benzene rings is 1. The molecule has 0 radical (unpaired) electrons. The van der Waals surface area contributed by atoms with Gasteiger partial charge in [0.25, 0.3) is 0 Å². The fourth-order valence-electron chi connectivity index (χ4n) is 2.62. The highest BCUT2D eigenvalue weighted by Gasteiger charge is 2.19. The number of aromatic nitrogens is 2. The van der Waals surface area contributed by atoms with Gasteiger partial charge in [-0.25, -0.2) is 0 Å². The van der Waals surface area contributed by atoms with E-state index in [1.165, 1.54) is 11.1 Å². The Bertz CT molecular complexity index is 504. The van der Waals surface area contributed by atoms with Crippen LogP contribution < -0.4 is 5.32 Å². The largest absolute Gasteiger partial charge is 0.313 e. The molecule has 2 aromatic rings. The van der Waals surface area contributed by atoms with Gasteiger partial charge < -0.3 is 5.32 Å². The summed E-state index contributed by atoms with van der Waals surface area (Å²) >= 11 is 0. The molecule has 20 heavy (non-hydrogen) atoms. The summed E-state index contributed by atoms with van der Waals surface area (Å²) in [6, 6.07) is 11.2. The number of hydrogen-bond acceptors (Lipinski definition) is 2. The van der Waals surface area contributed by atoms with Crippen LogP contribution in [0.1, 0.15) is 37.8 Å².